The molecule has 5 heteroatoms. The Morgan fingerprint density at radius 1 is 1.53 bits per heavy atom. The summed E-state index contributed by atoms with van der Waals surface area (Å²) in [4.78, 5) is 14.3. The highest BCUT2D eigenvalue weighted by Gasteiger charge is 2.23. The van der Waals surface area contributed by atoms with Crippen LogP contribution in [0.5, 0.6) is 5.75 Å². The third-order valence-corrected chi connectivity index (χ3v) is 4.16. The van der Waals surface area contributed by atoms with E-state index in [0.29, 0.717) is 5.56 Å². The van der Waals surface area contributed by atoms with E-state index in [2.05, 4.69) is 21.2 Å². The second kappa shape index (κ2) is 6.39. The van der Waals surface area contributed by atoms with Crippen LogP contribution in [-0.4, -0.2) is 44.1 Å². The molecule has 1 fully saturated rings. The molecule has 0 radical (unpaired) electrons. The number of halogens is 1. The van der Waals surface area contributed by atoms with Crippen molar-refractivity contribution in [2.75, 3.05) is 27.2 Å². The Morgan fingerprint density at radius 3 is 2.89 bits per heavy atom. The number of amides is 1. The van der Waals surface area contributed by atoms with E-state index in [1.54, 1.807) is 13.2 Å². The van der Waals surface area contributed by atoms with Crippen molar-refractivity contribution in [1.82, 2.24) is 10.2 Å². The summed E-state index contributed by atoms with van der Waals surface area (Å²) in [7, 11) is 3.49. The van der Waals surface area contributed by atoms with Gasteiger partial charge < -0.3 is 15.0 Å². The Bertz CT molecular complexity index is 459. The summed E-state index contributed by atoms with van der Waals surface area (Å²) in [6, 6.07) is 5.71. The number of ether oxygens (including phenoxy) is 1. The maximum atomic E-state index is 12.4. The predicted molar refractivity (Wildman–Crippen MR) is 78.7 cm³/mol. The molecule has 0 aromatic heterocycles. The molecule has 1 aromatic rings. The van der Waals surface area contributed by atoms with Gasteiger partial charge in [-0.2, -0.15) is 0 Å². The van der Waals surface area contributed by atoms with E-state index >= 15 is 0 Å². The van der Waals surface area contributed by atoms with Crippen molar-refractivity contribution in [3.8, 4) is 5.75 Å². The van der Waals surface area contributed by atoms with E-state index in [1.165, 1.54) is 0 Å². The summed E-state index contributed by atoms with van der Waals surface area (Å²) in [5.41, 5.74) is 0.681. The van der Waals surface area contributed by atoms with Crippen molar-refractivity contribution in [2.45, 2.75) is 18.9 Å². The van der Waals surface area contributed by atoms with E-state index in [1.807, 2.05) is 24.1 Å². The number of hydrogen-bond donors (Lipinski definition) is 1. The Balaban J connectivity index is 2.12. The van der Waals surface area contributed by atoms with E-state index in [4.69, 9.17) is 4.74 Å². The molecule has 0 spiro atoms. The van der Waals surface area contributed by atoms with E-state index in [9.17, 15) is 4.79 Å². The van der Waals surface area contributed by atoms with Crippen molar-refractivity contribution in [2.24, 2.45) is 0 Å². The van der Waals surface area contributed by atoms with Crippen LogP contribution in [0.25, 0.3) is 0 Å². The van der Waals surface area contributed by atoms with Gasteiger partial charge in [0, 0.05) is 25.2 Å². The molecule has 1 aliphatic heterocycles. The van der Waals surface area contributed by atoms with Gasteiger partial charge in [0.1, 0.15) is 5.75 Å². The third kappa shape index (κ3) is 3.28. The molecule has 1 aromatic carbocycles. The Labute approximate surface area is 122 Å². The number of carbonyl (C=O) groups excluding carboxylic acids is 1. The van der Waals surface area contributed by atoms with Gasteiger partial charge in [0.05, 0.1) is 11.6 Å². The van der Waals surface area contributed by atoms with Gasteiger partial charge in [-0.3, -0.25) is 4.79 Å². The van der Waals surface area contributed by atoms with Crippen LogP contribution in [0.1, 0.15) is 23.2 Å². The van der Waals surface area contributed by atoms with Crippen LogP contribution < -0.4 is 10.1 Å². The smallest absolute Gasteiger partial charge is 0.253 e. The fourth-order valence-corrected chi connectivity index (χ4v) is 2.87. The predicted octanol–water partition coefficient (Wildman–Crippen LogP) is 2.28. The normalized spacial score (nSPS) is 19.0. The second-order valence-corrected chi connectivity index (χ2v) is 5.62. The first-order chi connectivity index (χ1) is 9.13. The maximum Gasteiger partial charge on any atom is 0.253 e. The fourth-order valence-electron chi connectivity index (χ4n) is 2.33. The maximum absolute atomic E-state index is 12.4. The molecule has 1 aliphatic rings. The quantitative estimate of drug-likeness (QED) is 0.926. The van der Waals surface area contributed by atoms with Crippen LogP contribution in [0.15, 0.2) is 22.7 Å². The van der Waals surface area contributed by atoms with Crippen LogP contribution >= 0.6 is 15.9 Å². The summed E-state index contributed by atoms with van der Waals surface area (Å²) in [5, 5.41) is 3.33. The number of nitrogens with zero attached hydrogens (tertiary/aromatic N) is 1. The van der Waals surface area contributed by atoms with Gasteiger partial charge in [0.15, 0.2) is 0 Å². The summed E-state index contributed by atoms with van der Waals surface area (Å²) in [5.74, 6) is 0.788. The van der Waals surface area contributed by atoms with Gasteiger partial charge in [0.25, 0.3) is 5.91 Å². The first-order valence-corrected chi connectivity index (χ1v) is 7.24. The highest BCUT2D eigenvalue weighted by molar-refractivity contribution is 9.10. The average molecular weight is 327 g/mol. The standard InChI is InChI=1S/C14H19BrN2O2/c1-17(11-4-3-7-16-9-11)14(18)10-5-6-13(19-2)12(15)8-10/h5-6,8,11,16H,3-4,7,9H2,1-2H3. The van der Waals surface area contributed by atoms with Gasteiger partial charge >= 0.3 is 0 Å². The molecule has 1 saturated heterocycles. The first-order valence-electron chi connectivity index (χ1n) is 6.45. The Kier molecular flexibility index (Phi) is 4.82. The number of rotatable bonds is 3. The van der Waals surface area contributed by atoms with Crippen molar-refractivity contribution >= 4 is 21.8 Å². The molecule has 0 aliphatic carbocycles. The van der Waals surface area contributed by atoms with E-state index < -0.39 is 0 Å². The molecule has 19 heavy (non-hydrogen) atoms. The van der Waals surface area contributed by atoms with Crippen molar-refractivity contribution < 1.29 is 9.53 Å². The number of carbonyl (C=O) groups is 1. The molecule has 0 bridgehead atoms. The first kappa shape index (κ1) is 14.3. The van der Waals surface area contributed by atoms with Crippen LogP contribution in [0.2, 0.25) is 0 Å². The second-order valence-electron chi connectivity index (χ2n) is 4.77. The van der Waals surface area contributed by atoms with Gasteiger partial charge in [-0.1, -0.05) is 0 Å². The molecule has 1 atom stereocenters. The molecular formula is C14H19BrN2O2. The molecule has 1 unspecified atom stereocenters. The summed E-state index contributed by atoms with van der Waals surface area (Å²) >= 11 is 3.41. The highest BCUT2D eigenvalue weighted by atomic mass is 79.9. The number of likely N-dealkylation sites (N-methyl/N-ethyl adjacent to an activating group) is 1. The zero-order chi connectivity index (χ0) is 13.8. The van der Waals surface area contributed by atoms with Crippen LogP contribution in [0.4, 0.5) is 0 Å². The largest absolute Gasteiger partial charge is 0.496 e. The molecular weight excluding hydrogens is 308 g/mol. The molecule has 0 saturated carbocycles. The van der Waals surface area contributed by atoms with Crippen molar-refractivity contribution in [3.05, 3.63) is 28.2 Å². The lowest BCUT2D eigenvalue weighted by Gasteiger charge is -2.31. The van der Waals surface area contributed by atoms with Crippen LogP contribution in [0.3, 0.4) is 0 Å². The van der Waals surface area contributed by atoms with E-state index in [-0.39, 0.29) is 11.9 Å². The minimum atomic E-state index is 0.0528. The minimum absolute atomic E-state index is 0.0528. The molecule has 1 heterocycles. The molecule has 2 rings (SSSR count). The Hall–Kier alpha value is -1.07. The number of piperidine rings is 1. The molecule has 104 valence electrons. The fraction of sp³-hybridized carbons (Fsp3) is 0.500. The zero-order valence-electron chi connectivity index (χ0n) is 11.3. The lowest BCUT2D eigenvalue weighted by molar-refractivity contribution is 0.0708. The molecule has 1 N–H and O–H groups in total. The van der Waals surface area contributed by atoms with Gasteiger partial charge in [-0.15, -0.1) is 0 Å². The summed E-state index contributed by atoms with van der Waals surface area (Å²) < 4.78 is 5.98. The third-order valence-electron chi connectivity index (χ3n) is 3.54. The zero-order valence-corrected chi connectivity index (χ0v) is 12.9. The summed E-state index contributed by atoms with van der Waals surface area (Å²) in [6.45, 7) is 1.92. The number of benzene rings is 1. The SMILES string of the molecule is COc1ccc(C(=O)N(C)C2CCCNC2)cc1Br. The lowest BCUT2D eigenvalue weighted by atomic mass is 10.1. The van der Waals surface area contributed by atoms with Crippen LogP contribution in [-0.2, 0) is 0 Å². The van der Waals surface area contributed by atoms with Crippen molar-refractivity contribution in [1.29, 1.82) is 0 Å². The number of nitrogens with one attached hydrogen (secondary N) is 1. The average Bonchev–Trinajstić information content (AvgIpc) is 2.46. The monoisotopic (exact) mass is 326 g/mol. The van der Waals surface area contributed by atoms with E-state index in [0.717, 1.165) is 36.2 Å². The van der Waals surface area contributed by atoms with Gasteiger partial charge in [-0.05, 0) is 53.5 Å². The summed E-state index contributed by atoms with van der Waals surface area (Å²) in [6.07, 6.45) is 2.18. The van der Waals surface area contributed by atoms with Crippen LogP contribution in [0, 0.1) is 0 Å². The minimum Gasteiger partial charge on any atom is -0.496 e. The molecule has 4 nitrogen and oxygen atoms in total. The Morgan fingerprint density at radius 2 is 2.32 bits per heavy atom. The number of methoxy groups -OCH3 is 1. The van der Waals surface area contributed by atoms with Crippen molar-refractivity contribution in [3.63, 3.8) is 0 Å². The lowest BCUT2D eigenvalue weighted by Crippen LogP contribution is -2.46. The molecule has 1 amide bonds. The highest BCUT2D eigenvalue weighted by Crippen LogP contribution is 2.26. The van der Waals surface area contributed by atoms with Gasteiger partial charge in [-0.25, -0.2) is 0 Å². The van der Waals surface area contributed by atoms with Gasteiger partial charge in [0.2, 0.25) is 0 Å². The number of hydrogen-bond acceptors (Lipinski definition) is 3. The topological polar surface area (TPSA) is 41.6 Å².